The first-order chi connectivity index (χ1) is 14.2. The first-order valence-electron chi connectivity index (χ1n) is 8.98. The topological polar surface area (TPSA) is 50.7 Å². The van der Waals surface area contributed by atoms with Gasteiger partial charge in [0.05, 0.1) is 10.6 Å². The zero-order chi connectivity index (χ0) is 20.1. The van der Waals surface area contributed by atoms with E-state index in [1.54, 1.807) is 18.2 Å². The second-order valence-corrected chi connectivity index (χ2v) is 7.34. The molecule has 0 saturated carbocycles. The van der Waals surface area contributed by atoms with Crippen molar-refractivity contribution in [2.45, 2.75) is 6.61 Å². The van der Waals surface area contributed by atoms with Gasteiger partial charge < -0.3 is 10.1 Å². The van der Waals surface area contributed by atoms with Gasteiger partial charge in [-0.15, -0.1) is 0 Å². The second kappa shape index (κ2) is 8.75. The minimum Gasteiger partial charge on any atom is -0.489 e. The number of hydrogen-bond donors (Lipinski definition) is 1. The van der Waals surface area contributed by atoms with Crippen LogP contribution < -0.4 is 10.1 Å². The molecule has 1 fully saturated rings. The molecule has 0 radical (unpaired) electrons. The number of para-hydroxylation sites is 1. The summed E-state index contributed by atoms with van der Waals surface area (Å²) in [5.74, 6) is 0.220. The summed E-state index contributed by atoms with van der Waals surface area (Å²) in [6.07, 6.45) is 1.80. The van der Waals surface area contributed by atoms with Crippen LogP contribution in [-0.2, 0) is 11.4 Å². The maximum Gasteiger partial charge on any atom is 0.264 e. The van der Waals surface area contributed by atoms with E-state index in [1.165, 1.54) is 23.9 Å². The Hall–Kier alpha value is -3.38. The van der Waals surface area contributed by atoms with Gasteiger partial charge in [0.2, 0.25) is 0 Å². The summed E-state index contributed by atoms with van der Waals surface area (Å²) in [5, 5.41) is 3.33. The summed E-state index contributed by atoms with van der Waals surface area (Å²) in [5.41, 5.74) is 2.51. The van der Waals surface area contributed by atoms with Crippen molar-refractivity contribution in [3.63, 3.8) is 0 Å². The SMILES string of the molecule is O=C1NC(=Nc2ccccc2)S/C1=C/c1cccc(OCc2ccc(F)cc2)c1. The van der Waals surface area contributed by atoms with Crippen LogP contribution in [0.5, 0.6) is 5.75 Å². The average molecular weight is 404 g/mol. The van der Waals surface area contributed by atoms with Gasteiger partial charge in [0.1, 0.15) is 18.2 Å². The second-order valence-electron chi connectivity index (χ2n) is 6.30. The molecule has 29 heavy (non-hydrogen) atoms. The lowest BCUT2D eigenvalue weighted by Crippen LogP contribution is -2.19. The minimum absolute atomic E-state index is 0.178. The van der Waals surface area contributed by atoms with Crippen LogP contribution >= 0.6 is 11.8 Å². The molecule has 1 N–H and O–H groups in total. The van der Waals surface area contributed by atoms with Crippen molar-refractivity contribution in [2.24, 2.45) is 4.99 Å². The molecule has 4 nitrogen and oxygen atoms in total. The van der Waals surface area contributed by atoms with Gasteiger partial charge in [-0.1, -0.05) is 42.5 Å². The van der Waals surface area contributed by atoms with Crippen LogP contribution in [0.15, 0.2) is 88.8 Å². The van der Waals surface area contributed by atoms with Crippen molar-refractivity contribution in [1.82, 2.24) is 5.32 Å². The Morgan fingerprint density at radius 3 is 2.59 bits per heavy atom. The summed E-state index contributed by atoms with van der Waals surface area (Å²) in [6.45, 7) is 0.337. The molecule has 1 amide bonds. The van der Waals surface area contributed by atoms with E-state index in [0.717, 1.165) is 16.8 Å². The molecule has 3 aromatic rings. The molecule has 0 aromatic heterocycles. The monoisotopic (exact) mass is 404 g/mol. The maximum absolute atomic E-state index is 13.0. The number of amidine groups is 1. The molecule has 0 unspecified atom stereocenters. The Bertz CT molecular complexity index is 1080. The van der Waals surface area contributed by atoms with Crippen LogP contribution in [0.25, 0.3) is 6.08 Å². The standard InChI is InChI=1S/C23H17FN2O2S/c24-18-11-9-16(10-12-18)15-28-20-8-4-5-17(13-20)14-21-22(27)26-23(29-21)25-19-6-2-1-3-7-19/h1-14H,15H2,(H,25,26,27)/b21-14+. The maximum atomic E-state index is 13.0. The lowest BCUT2D eigenvalue weighted by molar-refractivity contribution is -0.115. The number of amides is 1. The number of nitrogens with zero attached hydrogens (tertiary/aromatic N) is 1. The van der Waals surface area contributed by atoms with Gasteiger partial charge in [0.15, 0.2) is 5.17 Å². The van der Waals surface area contributed by atoms with E-state index in [9.17, 15) is 9.18 Å². The first kappa shape index (κ1) is 19.0. The first-order valence-corrected chi connectivity index (χ1v) is 9.79. The predicted octanol–water partition coefficient (Wildman–Crippen LogP) is 5.30. The number of nitrogens with one attached hydrogen (secondary N) is 1. The lowest BCUT2D eigenvalue weighted by Gasteiger charge is -2.07. The van der Waals surface area contributed by atoms with Crippen LogP contribution in [0, 0.1) is 5.82 Å². The third kappa shape index (κ3) is 5.12. The van der Waals surface area contributed by atoms with E-state index >= 15 is 0 Å². The molecule has 3 aromatic carbocycles. The van der Waals surface area contributed by atoms with Crippen LogP contribution in [0.3, 0.4) is 0 Å². The van der Waals surface area contributed by atoms with E-state index in [-0.39, 0.29) is 11.7 Å². The molecule has 6 heteroatoms. The molecule has 1 saturated heterocycles. The molecular formula is C23H17FN2O2S. The molecule has 144 valence electrons. The minimum atomic E-state index is -0.273. The highest BCUT2D eigenvalue weighted by Gasteiger charge is 2.23. The average Bonchev–Trinajstić information content (AvgIpc) is 3.07. The van der Waals surface area contributed by atoms with E-state index in [1.807, 2.05) is 54.6 Å². The summed E-state index contributed by atoms with van der Waals surface area (Å²) >= 11 is 1.30. The summed E-state index contributed by atoms with van der Waals surface area (Å²) in [7, 11) is 0. The van der Waals surface area contributed by atoms with Crippen LogP contribution in [0.2, 0.25) is 0 Å². The van der Waals surface area contributed by atoms with E-state index in [2.05, 4.69) is 10.3 Å². The number of thioether (sulfide) groups is 1. The predicted molar refractivity (Wildman–Crippen MR) is 114 cm³/mol. The fourth-order valence-electron chi connectivity index (χ4n) is 2.69. The zero-order valence-electron chi connectivity index (χ0n) is 15.3. The largest absolute Gasteiger partial charge is 0.489 e. The van der Waals surface area contributed by atoms with Gasteiger partial charge in [0.25, 0.3) is 5.91 Å². The third-order valence-corrected chi connectivity index (χ3v) is 5.02. The van der Waals surface area contributed by atoms with Crippen LogP contribution in [-0.4, -0.2) is 11.1 Å². The number of rotatable bonds is 5. The molecule has 1 aliphatic heterocycles. The number of ether oxygens (including phenoxy) is 1. The fraction of sp³-hybridized carbons (Fsp3) is 0.0435. The highest BCUT2D eigenvalue weighted by molar-refractivity contribution is 8.18. The van der Waals surface area contributed by atoms with Gasteiger partial charge in [-0.2, -0.15) is 0 Å². The molecule has 0 bridgehead atoms. The number of benzene rings is 3. The third-order valence-electron chi connectivity index (χ3n) is 4.11. The van der Waals surface area contributed by atoms with Gasteiger partial charge in [-0.25, -0.2) is 9.38 Å². The number of halogens is 1. The highest BCUT2D eigenvalue weighted by Crippen LogP contribution is 2.28. The number of carbonyl (C=O) groups is 1. The normalized spacial score (nSPS) is 16.2. The summed E-state index contributed by atoms with van der Waals surface area (Å²) < 4.78 is 18.8. The number of hydrogen-bond acceptors (Lipinski definition) is 4. The molecule has 0 spiro atoms. The molecule has 4 rings (SSSR count). The van der Waals surface area contributed by atoms with Gasteiger partial charge in [-0.05, 0) is 65.4 Å². The molecule has 0 atom stereocenters. The van der Waals surface area contributed by atoms with Crippen molar-refractivity contribution < 1.29 is 13.9 Å². The van der Waals surface area contributed by atoms with Crippen molar-refractivity contribution in [1.29, 1.82) is 0 Å². The molecule has 1 heterocycles. The van der Waals surface area contributed by atoms with Crippen LogP contribution in [0.1, 0.15) is 11.1 Å². The van der Waals surface area contributed by atoms with Crippen molar-refractivity contribution in [3.05, 3.63) is 101 Å². The fourth-order valence-corrected chi connectivity index (χ4v) is 3.53. The molecular weight excluding hydrogens is 387 g/mol. The van der Waals surface area contributed by atoms with Crippen molar-refractivity contribution in [3.8, 4) is 5.75 Å². The number of aliphatic imine (C=N–C) groups is 1. The summed E-state index contributed by atoms with van der Waals surface area (Å²) in [6, 6.07) is 23.1. The highest BCUT2D eigenvalue weighted by atomic mass is 32.2. The summed E-state index contributed by atoms with van der Waals surface area (Å²) in [4.78, 5) is 17.3. The van der Waals surface area contributed by atoms with Crippen LogP contribution in [0.4, 0.5) is 10.1 Å². The molecule has 1 aliphatic rings. The lowest BCUT2D eigenvalue weighted by atomic mass is 10.2. The quantitative estimate of drug-likeness (QED) is 0.588. The van der Waals surface area contributed by atoms with Gasteiger partial charge >= 0.3 is 0 Å². The Kier molecular flexibility index (Phi) is 5.72. The van der Waals surface area contributed by atoms with E-state index in [0.29, 0.717) is 22.4 Å². The molecule has 0 aliphatic carbocycles. The van der Waals surface area contributed by atoms with Gasteiger partial charge in [-0.3, -0.25) is 4.79 Å². The van der Waals surface area contributed by atoms with Crippen molar-refractivity contribution >= 4 is 34.6 Å². The Balaban J connectivity index is 1.45. The Labute approximate surface area is 172 Å². The Morgan fingerprint density at radius 2 is 1.79 bits per heavy atom. The Morgan fingerprint density at radius 1 is 1.00 bits per heavy atom. The number of carbonyl (C=O) groups excluding carboxylic acids is 1. The van der Waals surface area contributed by atoms with E-state index in [4.69, 9.17) is 4.74 Å². The zero-order valence-corrected chi connectivity index (χ0v) is 16.2. The van der Waals surface area contributed by atoms with E-state index < -0.39 is 0 Å². The smallest absolute Gasteiger partial charge is 0.264 e. The van der Waals surface area contributed by atoms with Gasteiger partial charge in [0, 0.05) is 0 Å². The van der Waals surface area contributed by atoms with Crippen molar-refractivity contribution in [2.75, 3.05) is 0 Å².